The number of urea groups is 1. The minimum atomic E-state index is -0.190. The maximum atomic E-state index is 12.6. The Labute approximate surface area is 142 Å². The van der Waals surface area contributed by atoms with Gasteiger partial charge in [-0.1, -0.05) is 24.3 Å². The van der Waals surface area contributed by atoms with E-state index in [9.17, 15) is 9.59 Å². The normalized spacial score (nSPS) is 13.8. The van der Waals surface area contributed by atoms with Crippen LogP contribution < -0.4 is 9.64 Å². The van der Waals surface area contributed by atoms with E-state index >= 15 is 0 Å². The number of amides is 3. The minimum Gasteiger partial charge on any atom is -0.495 e. The number of carbonyl (C=O) groups excluding carboxylic acids is 2. The molecule has 1 aromatic carbocycles. The molecule has 0 bridgehead atoms. The summed E-state index contributed by atoms with van der Waals surface area (Å²) in [5.74, 6) is 0.518. The molecule has 0 aliphatic carbocycles. The number of methoxy groups -OCH3 is 1. The highest BCUT2D eigenvalue weighted by Gasteiger charge is 2.32. The van der Waals surface area contributed by atoms with Gasteiger partial charge in [-0.2, -0.15) is 0 Å². The monoisotopic (exact) mass is 329 g/mol. The Balaban J connectivity index is 2.07. The summed E-state index contributed by atoms with van der Waals surface area (Å²) < 4.78 is 5.31. The number of para-hydroxylation sites is 2. The number of ether oxygens (including phenoxy) is 1. The Morgan fingerprint density at radius 1 is 1.25 bits per heavy atom. The molecule has 1 aliphatic rings. The van der Waals surface area contributed by atoms with Crippen molar-refractivity contribution >= 4 is 17.6 Å². The lowest BCUT2D eigenvalue weighted by Gasteiger charge is -2.24. The summed E-state index contributed by atoms with van der Waals surface area (Å²) in [6.45, 7) is 9.24. The zero-order chi connectivity index (χ0) is 17.5. The molecule has 2 rings (SSSR count). The van der Waals surface area contributed by atoms with Crippen LogP contribution in [-0.4, -0.2) is 61.6 Å². The van der Waals surface area contributed by atoms with Gasteiger partial charge in [-0.25, -0.2) is 4.79 Å². The number of rotatable bonds is 8. The van der Waals surface area contributed by atoms with Gasteiger partial charge in [0.05, 0.1) is 12.8 Å². The second-order valence-electron chi connectivity index (χ2n) is 5.40. The second kappa shape index (κ2) is 8.19. The molecule has 1 aromatic rings. The molecular formula is C18H23N3O3. The molecule has 0 N–H and O–H groups in total. The van der Waals surface area contributed by atoms with Crippen molar-refractivity contribution < 1.29 is 14.3 Å². The molecule has 0 saturated carbocycles. The number of carbonyl (C=O) groups is 2. The molecule has 1 heterocycles. The number of hydrogen-bond acceptors (Lipinski definition) is 3. The molecular weight excluding hydrogens is 306 g/mol. The van der Waals surface area contributed by atoms with Crippen LogP contribution in [0.4, 0.5) is 10.5 Å². The van der Waals surface area contributed by atoms with Crippen LogP contribution >= 0.6 is 0 Å². The summed E-state index contributed by atoms with van der Waals surface area (Å²) in [5.41, 5.74) is 0.717. The van der Waals surface area contributed by atoms with Crippen molar-refractivity contribution in [2.45, 2.75) is 0 Å². The summed E-state index contributed by atoms with van der Waals surface area (Å²) in [5, 5.41) is 0. The predicted molar refractivity (Wildman–Crippen MR) is 94.3 cm³/mol. The van der Waals surface area contributed by atoms with Crippen LogP contribution in [0.3, 0.4) is 0 Å². The quantitative estimate of drug-likeness (QED) is 0.687. The lowest BCUT2D eigenvalue weighted by molar-refractivity contribution is -0.130. The first-order valence-corrected chi connectivity index (χ1v) is 7.81. The summed E-state index contributed by atoms with van der Waals surface area (Å²) in [6.07, 6.45) is 3.32. The molecule has 24 heavy (non-hydrogen) atoms. The van der Waals surface area contributed by atoms with Gasteiger partial charge in [0.15, 0.2) is 0 Å². The molecule has 1 saturated heterocycles. The van der Waals surface area contributed by atoms with Gasteiger partial charge in [0.25, 0.3) is 0 Å². The summed E-state index contributed by atoms with van der Waals surface area (Å²) in [4.78, 5) is 29.8. The highest BCUT2D eigenvalue weighted by Crippen LogP contribution is 2.30. The van der Waals surface area contributed by atoms with Crippen molar-refractivity contribution in [2.75, 3.05) is 44.7 Å². The van der Waals surface area contributed by atoms with Crippen LogP contribution in [0, 0.1) is 0 Å². The standard InChI is InChI=1S/C18H23N3O3/c1-4-10-19(11-5-2)17(22)14-20-12-13-21(18(20)23)15-8-6-7-9-16(15)24-3/h4-9H,1-2,10-14H2,3H3. The van der Waals surface area contributed by atoms with E-state index in [0.717, 1.165) is 0 Å². The third kappa shape index (κ3) is 3.76. The van der Waals surface area contributed by atoms with Crippen LogP contribution in [0.2, 0.25) is 0 Å². The number of hydrogen-bond donors (Lipinski definition) is 0. The molecule has 128 valence electrons. The molecule has 0 radical (unpaired) electrons. The summed E-state index contributed by atoms with van der Waals surface area (Å²) >= 11 is 0. The van der Waals surface area contributed by atoms with Gasteiger partial charge in [0.2, 0.25) is 5.91 Å². The van der Waals surface area contributed by atoms with Gasteiger partial charge in [-0.05, 0) is 12.1 Å². The lowest BCUT2D eigenvalue weighted by atomic mass is 10.2. The lowest BCUT2D eigenvalue weighted by Crippen LogP contribution is -2.42. The van der Waals surface area contributed by atoms with Crippen molar-refractivity contribution in [2.24, 2.45) is 0 Å². The van der Waals surface area contributed by atoms with Crippen LogP contribution in [0.25, 0.3) is 0 Å². The Hall–Kier alpha value is -2.76. The first kappa shape index (κ1) is 17.6. The first-order chi connectivity index (χ1) is 11.6. The Morgan fingerprint density at radius 2 is 1.92 bits per heavy atom. The Morgan fingerprint density at radius 3 is 2.54 bits per heavy atom. The molecule has 6 heteroatoms. The SMILES string of the molecule is C=CCN(CC=C)C(=O)CN1CCN(c2ccccc2OC)C1=O. The highest BCUT2D eigenvalue weighted by molar-refractivity contribution is 5.97. The van der Waals surface area contributed by atoms with Gasteiger partial charge in [0.1, 0.15) is 12.3 Å². The molecule has 0 atom stereocenters. The van der Waals surface area contributed by atoms with Crippen molar-refractivity contribution in [3.8, 4) is 5.75 Å². The summed E-state index contributed by atoms with van der Waals surface area (Å²) in [6, 6.07) is 7.17. The van der Waals surface area contributed by atoms with Crippen LogP contribution in [-0.2, 0) is 4.79 Å². The van der Waals surface area contributed by atoms with Crippen molar-refractivity contribution in [3.63, 3.8) is 0 Å². The molecule has 1 fully saturated rings. The van der Waals surface area contributed by atoms with Crippen molar-refractivity contribution in [1.29, 1.82) is 0 Å². The van der Waals surface area contributed by atoms with Gasteiger partial charge in [-0.3, -0.25) is 9.69 Å². The third-order valence-corrected chi connectivity index (χ3v) is 3.85. The number of anilines is 1. The van der Waals surface area contributed by atoms with Crippen LogP contribution in [0.5, 0.6) is 5.75 Å². The summed E-state index contributed by atoms with van der Waals surface area (Å²) in [7, 11) is 1.57. The van der Waals surface area contributed by atoms with Gasteiger partial charge >= 0.3 is 6.03 Å². The smallest absolute Gasteiger partial charge is 0.325 e. The number of nitrogens with zero attached hydrogens (tertiary/aromatic N) is 3. The average Bonchev–Trinajstić information content (AvgIpc) is 2.95. The highest BCUT2D eigenvalue weighted by atomic mass is 16.5. The fourth-order valence-corrected chi connectivity index (χ4v) is 2.66. The van der Waals surface area contributed by atoms with Crippen molar-refractivity contribution in [3.05, 3.63) is 49.6 Å². The Kier molecular flexibility index (Phi) is 6.01. The minimum absolute atomic E-state index is 0.0478. The number of benzene rings is 1. The second-order valence-corrected chi connectivity index (χ2v) is 5.40. The topological polar surface area (TPSA) is 53.1 Å². The van der Waals surface area contributed by atoms with E-state index in [1.54, 1.807) is 34.0 Å². The Bertz CT molecular complexity index is 620. The average molecular weight is 329 g/mol. The van der Waals surface area contributed by atoms with Gasteiger partial charge in [0, 0.05) is 26.2 Å². The van der Waals surface area contributed by atoms with Crippen LogP contribution in [0.1, 0.15) is 0 Å². The molecule has 0 aromatic heterocycles. The first-order valence-electron chi connectivity index (χ1n) is 7.81. The van der Waals surface area contributed by atoms with E-state index in [2.05, 4.69) is 13.2 Å². The third-order valence-electron chi connectivity index (χ3n) is 3.85. The molecule has 6 nitrogen and oxygen atoms in total. The zero-order valence-corrected chi connectivity index (χ0v) is 14.0. The van der Waals surface area contributed by atoms with Crippen LogP contribution in [0.15, 0.2) is 49.6 Å². The van der Waals surface area contributed by atoms with E-state index in [-0.39, 0.29) is 18.5 Å². The van der Waals surface area contributed by atoms with E-state index in [1.165, 1.54) is 0 Å². The van der Waals surface area contributed by atoms with Gasteiger partial charge < -0.3 is 14.5 Å². The molecule has 1 aliphatic heterocycles. The molecule has 3 amide bonds. The maximum absolute atomic E-state index is 12.6. The zero-order valence-electron chi connectivity index (χ0n) is 14.0. The largest absolute Gasteiger partial charge is 0.495 e. The van der Waals surface area contributed by atoms with E-state index < -0.39 is 0 Å². The van der Waals surface area contributed by atoms with Gasteiger partial charge in [-0.15, -0.1) is 13.2 Å². The van der Waals surface area contributed by atoms with E-state index in [0.29, 0.717) is 37.6 Å². The predicted octanol–water partition coefficient (Wildman–Crippen LogP) is 2.14. The fraction of sp³-hybridized carbons (Fsp3) is 0.333. The van der Waals surface area contributed by atoms with E-state index in [1.807, 2.05) is 24.3 Å². The molecule has 0 spiro atoms. The maximum Gasteiger partial charge on any atom is 0.325 e. The molecule has 0 unspecified atom stereocenters. The van der Waals surface area contributed by atoms with E-state index in [4.69, 9.17) is 4.74 Å². The van der Waals surface area contributed by atoms with Crippen molar-refractivity contribution in [1.82, 2.24) is 9.80 Å². The fourth-order valence-electron chi connectivity index (χ4n) is 2.66.